The molecule has 2 aromatic rings. The number of aryl methyl sites for hydroxylation is 2. The lowest BCUT2D eigenvalue weighted by atomic mass is 9.75. The third-order valence-electron chi connectivity index (χ3n) is 5.11. The van der Waals surface area contributed by atoms with Gasteiger partial charge in [-0.3, -0.25) is 9.59 Å². The molecular weight excluding hydrogens is 324 g/mol. The van der Waals surface area contributed by atoms with Gasteiger partial charge in [-0.1, -0.05) is 19.9 Å². The van der Waals surface area contributed by atoms with E-state index in [0.29, 0.717) is 18.4 Å². The molecule has 4 heteroatoms. The van der Waals surface area contributed by atoms with Crippen LogP contribution in [0.3, 0.4) is 0 Å². The number of benzene rings is 1. The van der Waals surface area contributed by atoms with Crippen molar-refractivity contribution in [2.24, 2.45) is 11.1 Å². The topological polar surface area (TPSA) is 65.1 Å². The predicted octanol–water partition coefficient (Wildman–Crippen LogP) is 4.16. The summed E-state index contributed by atoms with van der Waals surface area (Å²) in [5.74, 6) is -0.203. The normalized spacial score (nSPS) is 15.6. The SMILES string of the molecule is C=CCCc1cc(-n2cc(C)c3c2CC(C)(C)CC3=O)ccc1C(N)=O. The number of nitrogens with zero attached hydrogens (tertiary/aromatic N) is 1. The van der Waals surface area contributed by atoms with Gasteiger partial charge in [-0.25, -0.2) is 0 Å². The molecule has 3 rings (SSSR count). The predicted molar refractivity (Wildman–Crippen MR) is 104 cm³/mol. The van der Waals surface area contributed by atoms with E-state index >= 15 is 0 Å². The Hall–Kier alpha value is -2.62. The highest BCUT2D eigenvalue weighted by Gasteiger charge is 2.34. The van der Waals surface area contributed by atoms with E-state index in [1.54, 1.807) is 6.07 Å². The summed E-state index contributed by atoms with van der Waals surface area (Å²) in [6.07, 6.45) is 6.78. The van der Waals surface area contributed by atoms with Crippen LogP contribution in [0.2, 0.25) is 0 Å². The molecular formula is C22H26N2O2. The molecule has 1 heterocycles. The van der Waals surface area contributed by atoms with Gasteiger partial charge in [-0.05, 0) is 60.9 Å². The monoisotopic (exact) mass is 350 g/mol. The fourth-order valence-electron chi connectivity index (χ4n) is 3.94. The molecule has 0 radical (unpaired) electrons. The minimum Gasteiger partial charge on any atom is -0.366 e. The number of Topliss-reactive ketones (excluding diaryl/α,β-unsaturated/α-hetero) is 1. The summed E-state index contributed by atoms with van der Waals surface area (Å²) in [4.78, 5) is 24.4. The maximum absolute atomic E-state index is 12.6. The van der Waals surface area contributed by atoms with Crippen LogP contribution in [0.4, 0.5) is 0 Å². The van der Waals surface area contributed by atoms with Crippen LogP contribution in [0.15, 0.2) is 37.1 Å². The Morgan fingerprint density at radius 1 is 1.35 bits per heavy atom. The van der Waals surface area contributed by atoms with E-state index in [4.69, 9.17) is 5.73 Å². The Morgan fingerprint density at radius 3 is 2.73 bits per heavy atom. The highest BCUT2D eigenvalue weighted by atomic mass is 16.1. The van der Waals surface area contributed by atoms with Gasteiger partial charge in [-0.15, -0.1) is 6.58 Å². The number of primary amides is 1. The number of aromatic nitrogens is 1. The second kappa shape index (κ2) is 6.60. The van der Waals surface area contributed by atoms with Gasteiger partial charge in [0.2, 0.25) is 5.91 Å². The minimum absolute atomic E-state index is 0.0501. The van der Waals surface area contributed by atoms with E-state index in [0.717, 1.165) is 40.9 Å². The van der Waals surface area contributed by atoms with Gasteiger partial charge >= 0.3 is 0 Å². The van der Waals surface area contributed by atoms with Crippen molar-refractivity contribution in [3.63, 3.8) is 0 Å². The summed E-state index contributed by atoms with van der Waals surface area (Å²) in [5, 5.41) is 0. The van der Waals surface area contributed by atoms with E-state index in [9.17, 15) is 9.59 Å². The zero-order chi connectivity index (χ0) is 19.1. The molecule has 1 aliphatic carbocycles. The first kappa shape index (κ1) is 18.2. The average molecular weight is 350 g/mol. The Morgan fingerprint density at radius 2 is 2.08 bits per heavy atom. The smallest absolute Gasteiger partial charge is 0.248 e. The van der Waals surface area contributed by atoms with E-state index < -0.39 is 5.91 Å². The first-order chi connectivity index (χ1) is 12.2. The number of nitrogens with two attached hydrogens (primary N) is 1. The molecule has 1 aromatic heterocycles. The highest BCUT2D eigenvalue weighted by molar-refractivity contribution is 6.00. The third kappa shape index (κ3) is 3.24. The summed E-state index contributed by atoms with van der Waals surface area (Å²) in [5.41, 5.74) is 10.8. The van der Waals surface area contributed by atoms with Crippen LogP contribution in [0.25, 0.3) is 5.69 Å². The summed E-state index contributed by atoms with van der Waals surface area (Å²) < 4.78 is 2.10. The molecule has 1 aromatic carbocycles. The summed E-state index contributed by atoms with van der Waals surface area (Å²) in [6.45, 7) is 10.0. The second-order valence-corrected chi connectivity index (χ2v) is 7.98. The van der Waals surface area contributed by atoms with Crippen LogP contribution in [0, 0.1) is 12.3 Å². The number of allylic oxidation sites excluding steroid dienone is 1. The molecule has 2 N–H and O–H groups in total. The van der Waals surface area contributed by atoms with Gasteiger partial charge in [0.15, 0.2) is 5.78 Å². The van der Waals surface area contributed by atoms with Crippen LogP contribution < -0.4 is 5.73 Å². The quantitative estimate of drug-likeness (QED) is 0.823. The third-order valence-corrected chi connectivity index (χ3v) is 5.11. The lowest BCUT2D eigenvalue weighted by Gasteiger charge is -2.30. The van der Waals surface area contributed by atoms with Gasteiger partial charge in [0.05, 0.1) is 0 Å². The molecule has 26 heavy (non-hydrogen) atoms. The van der Waals surface area contributed by atoms with Crippen molar-refractivity contribution in [1.82, 2.24) is 4.57 Å². The number of rotatable bonds is 5. The van der Waals surface area contributed by atoms with Crippen LogP contribution in [-0.2, 0) is 12.8 Å². The average Bonchev–Trinajstić information content (AvgIpc) is 2.87. The van der Waals surface area contributed by atoms with Crippen LogP contribution in [0.1, 0.15) is 64.2 Å². The van der Waals surface area contributed by atoms with Crippen molar-refractivity contribution in [3.8, 4) is 5.69 Å². The van der Waals surface area contributed by atoms with Crippen molar-refractivity contribution in [2.45, 2.75) is 46.5 Å². The zero-order valence-electron chi connectivity index (χ0n) is 15.8. The fraction of sp³-hybridized carbons (Fsp3) is 0.364. The molecule has 1 aliphatic rings. The van der Waals surface area contributed by atoms with Crippen molar-refractivity contribution < 1.29 is 9.59 Å². The molecule has 136 valence electrons. The Kier molecular flexibility index (Phi) is 4.61. The summed E-state index contributed by atoms with van der Waals surface area (Å²) in [6, 6.07) is 5.70. The van der Waals surface area contributed by atoms with Crippen LogP contribution in [-0.4, -0.2) is 16.3 Å². The van der Waals surface area contributed by atoms with Gasteiger partial charge in [0.1, 0.15) is 0 Å². The molecule has 0 aliphatic heterocycles. The molecule has 0 unspecified atom stereocenters. The van der Waals surface area contributed by atoms with E-state index in [1.165, 1.54) is 0 Å². The number of hydrogen-bond acceptors (Lipinski definition) is 2. The largest absolute Gasteiger partial charge is 0.366 e. The molecule has 0 saturated carbocycles. The zero-order valence-corrected chi connectivity index (χ0v) is 15.8. The molecule has 1 amide bonds. The van der Waals surface area contributed by atoms with E-state index in [-0.39, 0.29) is 11.2 Å². The standard InChI is InChI=1S/C22H26N2O2/c1-5-6-7-15-10-16(8-9-17(15)21(23)26)24-13-14(2)20-18(24)11-22(3,4)12-19(20)25/h5,8-10,13H,1,6-7,11-12H2,2-4H3,(H2,23,26). The Labute approximate surface area is 154 Å². The number of carbonyl (C=O) groups excluding carboxylic acids is 2. The first-order valence-electron chi connectivity index (χ1n) is 9.01. The van der Waals surface area contributed by atoms with E-state index in [1.807, 2.05) is 31.3 Å². The maximum atomic E-state index is 12.6. The maximum Gasteiger partial charge on any atom is 0.248 e. The van der Waals surface area contributed by atoms with Crippen molar-refractivity contribution in [2.75, 3.05) is 0 Å². The van der Waals surface area contributed by atoms with Crippen molar-refractivity contribution in [3.05, 3.63) is 65.0 Å². The number of fused-ring (bicyclic) bond motifs is 1. The Bertz CT molecular complexity index is 903. The highest BCUT2D eigenvalue weighted by Crippen LogP contribution is 2.38. The number of amides is 1. The summed E-state index contributed by atoms with van der Waals surface area (Å²) in [7, 11) is 0. The molecule has 0 bridgehead atoms. The van der Waals surface area contributed by atoms with Gasteiger partial charge in [-0.2, -0.15) is 0 Å². The summed E-state index contributed by atoms with van der Waals surface area (Å²) >= 11 is 0. The molecule has 0 atom stereocenters. The molecule has 0 fully saturated rings. The Balaban J connectivity index is 2.13. The number of hydrogen-bond donors (Lipinski definition) is 1. The van der Waals surface area contributed by atoms with Crippen molar-refractivity contribution >= 4 is 11.7 Å². The van der Waals surface area contributed by atoms with Crippen molar-refractivity contribution in [1.29, 1.82) is 0 Å². The van der Waals surface area contributed by atoms with Gasteiger partial charge in [0, 0.05) is 35.1 Å². The first-order valence-corrected chi connectivity index (χ1v) is 9.01. The molecule has 0 spiro atoms. The minimum atomic E-state index is -0.419. The van der Waals surface area contributed by atoms with E-state index in [2.05, 4.69) is 25.0 Å². The molecule has 4 nitrogen and oxygen atoms in total. The van der Waals surface area contributed by atoms with Crippen LogP contribution in [0.5, 0.6) is 0 Å². The van der Waals surface area contributed by atoms with Crippen LogP contribution >= 0.6 is 0 Å². The lowest BCUT2D eigenvalue weighted by Crippen LogP contribution is -2.28. The fourth-order valence-corrected chi connectivity index (χ4v) is 3.94. The lowest BCUT2D eigenvalue weighted by molar-refractivity contribution is 0.0909. The molecule has 0 saturated heterocycles. The number of ketones is 1. The van der Waals surface area contributed by atoms with Gasteiger partial charge in [0.25, 0.3) is 0 Å². The van der Waals surface area contributed by atoms with Gasteiger partial charge < -0.3 is 10.3 Å². The second-order valence-electron chi connectivity index (χ2n) is 7.98. The number of carbonyl (C=O) groups is 2.